The Morgan fingerprint density at radius 3 is 2.40 bits per heavy atom. The molecule has 0 unspecified atom stereocenters. The van der Waals surface area contributed by atoms with Crippen LogP contribution >= 0.6 is 36.2 Å². The molecule has 1 amide bonds. The molecule has 0 aromatic carbocycles. The SMILES string of the molecule is Cl.Cl.NC(=O)c1cncs1. The van der Waals surface area contributed by atoms with E-state index in [1.807, 2.05) is 0 Å². The van der Waals surface area contributed by atoms with Crippen LogP contribution in [0.5, 0.6) is 0 Å². The van der Waals surface area contributed by atoms with Crippen molar-refractivity contribution >= 4 is 42.1 Å². The average molecular weight is 201 g/mol. The first-order valence-corrected chi connectivity index (χ1v) is 2.87. The summed E-state index contributed by atoms with van der Waals surface area (Å²) in [6, 6.07) is 0. The third kappa shape index (κ3) is 3.00. The fourth-order valence-corrected chi connectivity index (χ4v) is 0.811. The van der Waals surface area contributed by atoms with Gasteiger partial charge in [0, 0.05) is 0 Å². The van der Waals surface area contributed by atoms with Crippen molar-refractivity contribution < 1.29 is 4.79 Å². The van der Waals surface area contributed by atoms with Gasteiger partial charge in [0.05, 0.1) is 11.7 Å². The molecular weight excluding hydrogens is 195 g/mol. The number of carbonyl (C=O) groups is 1. The Labute approximate surface area is 74.5 Å². The van der Waals surface area contributed by atoms with Gasteiger partial charge in [-0.05, 0) is 0 Å². The summed E-state index contributed by atoms with van der Waals surface area (Å²) in [5.74, 6) is -0.410. The van der Waals surface area contributed by atoms with E-state index < -0.39 is 5.91 Å². The van der Waals surface area contributed by atoms with Crippen molar-refractivity contribution in [2.75, 3.05) is 0 Å². The highest BCUT2D eigenvalue weighted by molar-refractivity contribution is 7.11. The predicted molar refractivity (Wildman–Crippen MR) is 45.1 cm³/mol. The number of hydrogen-bond donors (Lipinski definition) is 1. The largest absolute Gasteiger partial charge is 0.365 e. The molecule has 0 aliphatic carbocycles. The Morgan fingerprint density at radius 1 is 1.60 bits per heavy atom. The van der Waals surface area contributed by atoms with Gasteiger partial charge in [-0.25, -0.2) is 0 Å². The smallest absolute Gasteiger partial charge is 0.260 e. The summed E-state index contributed by atoms with van der Waals surface area (Å²) in [6.45, 7) is 0. The van der Waals surface area contributed by atoms with Gasteiger partial charge in [-0.3, -0.25) is 9.78 Å². The molecule has 2 N–H and O–H groups in total. The lowest BCUT2D eigenvalue weighted by atomic mass is 10.5. The van der Waals surface area contributed by atoms with E-state index in [4.69, 9.17) is 5.73 Å². The van der Waals surface area contributed by atoms with Gasteiger partial charge >= 0.3 is 0 Å². The van der Waals surface area contributed by atoms with Crippen molar-refractivity contribution in [3.05, 3.63) is 16.6 Å². The number of carbonyl (C=O) groups excluding carboxylic acids is 1. The van der Waals surface area contributed by atoms with Crippen LogP contribution in [0.1, 0.15) is 9.67 Å². The minimum absolute atomic E-state index is 0. The number of nitrogens with two attached hydrogens (primary N) is 1. The second kappa shape index (κ2) is 5.46. The van der Waals surface area contributed by atoms with E-state index in [2.05, 4.69) is 4.98 Å². The molecule has 0 bridgehead atoms. The molecule has 6 heteroatoms. The van der Waals surface area contributed by atoms with Gasteiger partial charge < -0.3 is 5.73 Å². The number of halogens is 2. The number of primary amides is 1. The average Bonchev–Trinajstić information content (AvgIpc) is 2.12. The van der Waals surface area contributed by atoms with Crippen LogP contribution in [0.15, 0.2) is 11.7 Å². The number of hydrogen-bond acceptors (Lipinski definition) is 3. The van der Waals surface area contributed by atoms with Crippen molar-refractivity contribution in [3.8, 4) is 0 Å². The topological polar surface area (TPSA) is 56.0 Å². The molecular formula is C4H6Cl2N2OS. The van der Waals surface area contributed by atoms with Crippen molar-refractivity contribution in [3.63, 3.8) is 0 Å². The Kier molecular flexibility index (Phi) is 6.76. The quantitative estimate of drug-likeness (QED) is 0.739. The van der Waals surface area contributed by atoms with Gasteiger partial charge in [0.25, 0.3) is 5.91 Å². The molecule has 1 aromatic rings. The van der Waals surface area contributed by atoms with Gasteiger partial charge in [0.1, 0.15) is 4.88 Å². The standard InChI is InChI=1S/C4H4N2OS.2ClH/c5-4(7)3-1-6-2-8-3;;/h1-2H,(H2,5,7);2*1H. The van der Waals surface area contributed by atoms with Crippen LogP contribution in [0.4, 0.5) is 0 Å². The summed E-state index contributed by atoms with van der Waals surface area (Å²) in [5.41, 5.74) is 6.46. The van der Waals surface area contributed by atoms with E-state index >= 15 is 0 Å². The number of rotatable bonds is 1. The van der Waals surface area contributed by atoms with Crippen molar-refractivity contribution in [2.45, 2.75) is 0 Å². The predicted octanol–water partition coefficient (Wildman–Crippen LogP) is 1.09. The van der Waals surface area contributed by atoms with Crippen LogP contribution in [0.25, 0.3) is 0 Å². The van der Waals surface area contributed by atoms with E-state index in [1.165, 1.54) is 17.5 Å². The number of aromatic nitrogens is 1. The molecule has 0 atom stereocenters. The van der Waals surface area contributed by atoms with E-state index in [-0.39, 0.29) is 24.8 Å². The van der Waals surface area contributed by atoms with Crippen LogP contribution in [0, 0.1) is 0 Å². The van der Waals surface area contributed by atoms with E-state index in [9.17, 15) is 4.79 Å². The van der Waals surface area contributed by atoms with Crippen molar-refractivity contribution in [1.29, 1.82) is 0 Å². The van der Waals surface area contributed by atoms with E-state index in [0.717, 1.165) is 0 Å². The van der Waals surface area contributed by atoms with Gasteiger partial charge in [-0.1, -0.05) is 0 Å². The van der Waals surface area contributed by atoms with Crippen LogP contribution < -0.4 is 5.73 Å². The molecule has 0 fully saturated rings. The highest BCUT2D eigenvalue weighted by Crippen LogP contribution is 2.02. The van der Waals surface area contributed by atoms with Crippen LogP contribution in [0.2, 0.25) is 0 Å². The molecule has 0 aliphatic heterocycles. The first-order chi connectivity index (χ1) is 3.80. The van der Waals surface area contributed by atoms with Gasteiger partial charge in [0.15, 0.2) is 0 Å². The van der Waals surface area contributed by atoms with Crippen LogP contribution in [0.3, 0.4) is 0 Å². The lowest BCUT2D eigenvalue weighted by Gasteiger charge is -1.78. The summed E-state index contributed by atoms with van der Waals surface area (Å²) in [4.78, 5) is 14.4. The Balaban J connectivity index is 0. The maximum Gasteiger partial charge on any atom is 0.260 e. The minimum Gasteiger partial charge on any atom is -0.365 e. The summed E-state index contributed by atoms with van der Waals surface area (Å²) in [5, 5.41) is 0. The zero-order valence-electron chi connectivity index (χ0n) is 4.81. The highest BCUT2D eigenvalue weighted by atomic mass is 35.5. The monoisotopic (exact) mass is 200 g/mol. The van der Waals surface area contributed by atoms with E-state index in [1.54, 1.807) is 5.51 Å². The first kappa shape index (κ1) is 12.4. The fraction of sp³-hybridized carbons (Fsp3) is 0. The molecule has 0 saturated heterocycles. The Bertz CT molecular complexity index is 189. The molecule has 1 aromatic heterocycles. The van der Waals surface area contributed by atoms with Gasteiger partial charge in [-0.15, -0.1) is 36.2 Å². The second-order valence-corrected chi connectivity index (χ2v) is 2.12. The zero-order valence-corrected chi connectivity index (χ0v) is 7.26. The summed E-state index contributed by atoms with van der Waals surface area (Å²) in [7, 11) is 0. The number of nitrogens with zero attached hydrogens (tertiary/aromatic N) is 1. The normalized spacial score (nSPS) is 7.20. The van der Waals surface area contributed by atoms with E-state index in [0.29, 0.717) is 4.88 Å². The van der Waals surface area contributed by atoms with Crippen molar-refractivity contribution in [1.82, 2.24) is 4.98 Å². The molecule has 1 heterocycles. The van der Waals surface area contributed by atoms with Crippen LogP contribution in [-0.2, 0) is 0 Å². The van der Waals surface area contributed by atoms with Gasteiger partial charge in [-0.2, -0.15) is 0 Å². The second-order valence-electron chi connectivity index (χ2n) is 1.23. The first-order valence-electron chi connectivity index (χ1n) is 1.99. The molecule has 3 nitrogen and oxygen atoms in total. The Hall–Kier alpha value is -0.320. The third-order valence-electron chi connectivity index (χ3n) is 0.675. The molecule has 1 rings (SSSR count). The molecule has 0 aliphatic rings. The minimum atomic E-state index is -0.410. The number of thiazole rings is 1. The maximum absolute atomic E-state index is 10.3. The summed E-state index contributed by atoms with van der Waals surface area (Å²) < 4.78 is 0. The van der Waals surface area contributed by atoms with Crippen molar-refractivity contribution in [2.24, 2.45) is 5.73 Å². The number of amides is 1. The lowest BCUT2D eigenvalue weighted by Crippen LogP contribution is -2.08. The molecule has 0 radical (unpaired) electrons. The summed E-state index contributed by atoms with van der Waals surface area (Å²) in [6.07, 6.45) is 1.45. The molecule has 0 saturated carbocycles. The Morgan fingerprint density at radius 2 is 2.20 bits per heavy atom. The molecule has 58 valence electrons. The third-order valence-corrected chi connectivity index (χ3v) is 1.46. The van der Waals surface area contributed by atoms with Crippen LogP contribution in [-0.4, -0.2) is 10.9 Å². The lowest BCUT2D eigenvalue weighted by molar-refractivity contribution is 0.100. The summed E-state index contributed by atoms with van der Waals surface area (Å²) >= 11 is 1.25. The fourth-order valence-electron chi connectivity index (χ4n) is 0.337. The highest BCUT2D eigenvalue weighted by Gasteiger charge is 1.97. The molecule has 0 spiro atoms. The van der Waals surface area contributed by atoms with Gasteiger partial charge in [0.2, 0.25) is 0 Å². The molecule has 10 heavy (non-hydrogen) atoms. The maximum atomic E-state index is 10.3. The zero-order chi connectivity index (χ0) is 5.98.